The number of rotatable bonds is 5. The minimum Gasteiger partial charge on any atom is -0.475 e. The largest absolute Gasteiger partial charge is 0.475 e. The van der Waals surface area contributed by atoms with E-state index in [4.69, 9.17) is 21.4 Å². The summed E-state index contributed by atoms with van der Waals surface area (Å²) in [5, 5.41) is 9.28. The van der Waals surface area contributed by atoms with E-state index in [-0.39, 0.29) is 24.3 Å². The molecule has 0 saturated heterocycles. The Hall–Kier alpha value is -2.08. The standard InChI is InChI=1S/C16H19ClN2O4/c1-16(2)9-23-14(18-16)11-5-4-10(17)8-12(11)13(20)6-7-19(3)15(21)22/h4-5,8H,6-7,9H2,1-3H3,(H,21,22). The van der Waals surface area contributed by atoms with Crippen LogP contribution in [0.1, 0.15) is 36.2 Å². The van der Waals surface area contributed by atoms with Crippen LogP contribution in [-0.2, 0) is 4.74 Å². The zero-order valence-corrected chi connectivity index (χ0v) is 14.1. The van der Waals surface area contributed by atoms with Crippen molar-refractivity contribution >= 4 is 29.4 Å². The third-order valence-corrected chi connectivity index (χ3v) is 3.71. The number of amides is 1. The molecule has 0 fully saturated rings. The Labute approximate surface area is 139 Å². The molecule has 0 radical (unpaired) electrons. The first-order valence-electron chi connectivity index (χ1n) is 7.19. The van der Waals surface area contributed by atoms with Gasteiger partial charge in [0.25, 0.3) is 0 Å². The second-order valence-corrected chi connectivity index (χ2v) is 6.52. The van der Waals surface area contributed by atoms with Gasteiger partial charge in [0.2, 0.25) is 5.90 Å². The molecular formula is C16H19ClN2O4. The Morgan fingerprint density at radius 1 is 1.43 bits per heavy atom. The molecule has 1 aromatic rings. The van der Waals surface area contributed by atoms with Crippen molar-refractivity contribution in [3.63, 3.8) is 0 Å². The Bertz CT molecular complexity index is 670. The molecule has 6 nitrogen and oxygen atoms in total. The number of hydrogen-bond donors (Lipinski definition) is 1. The molecule has 0 unspecified atom stereocenters. The molecule has 1 N–H and O–H groups in total. The Kier molecular flexibility index (Phi) is 4.94. The van der Waals surface area contributed by atoms with Crippen LogP contribution in [0.25, 0.3) is 0 Å². The highest BCUT2D eigenvalue weighted by Gasteiger charge is 2.29. The van der Waals surface area contributed by atoms with Gasteiger partial charge in [-0.1, -0.05) is 11.6 Å². The van der Waals surface area contributed by atoms with Crippen molar-refractivity contribution in [2.24, 2.45) is 4.99 Å². The van der Waals surface area contributed by atoms with Crippen molar-refractivity contribution in [1.29, 1.82) is 0 Å². The molecule has 1 aliphatic rings. The smallest absolute Gasteiger partial charge is 0.407 e. The topological polar surface area (TPSA) is 79.2 Å². The van der Waals surface area contributed by atoms with E-state index >= 15 is 0 Å². The van der Waals surface area contributed by atoms with Gasteiger partial charge in [0.1, 0.15) is 6.61 Å². The Morgan fingerprint density at radius 2 is 2.13 bits per heavy atom. The minimum atomic E-state index is -1.07. The summed E-state index contributed by atoms with van der Waals surface area (Å²) in [6.07, 6.45) is -1.01. The summed E-state index contributed by atoms with van der Waals surface area (Å²) in [5.74, 6) is 0.216. The highest BCUT2D eigenvalue weighted by atomic mass is 35.5. The average molecular weight is 339 g/mol. The number of benzene rings is 1. The average Bonchev–Trinajstić information content (AvgIpc) is 2.84. The molecular weight excluding hydrogens is 320 g/mol. The van der Waals surface area contributed by atoms with Crippen molar-refractivity contribution in [1.82, 2.24) is 4.90 Å². The molecule has 1 heterocycles. The van der Waals surface area contributed by atoms with E-state index in [1.807, 2.05) is 13.8 Å². The summed E-state index contributed by atoms with van der Waals surface area (Å²) >= 11 is 6.00. The second-order valence-electron chi connectivity index (χ2n) is 6.09. The Morgan fingerprint density at radius 3 is 2.70 bits per heavy atom. The van der Waals surface area contributed by atoms with Crippen LogP contribution in [-0.4, -0.2) is 53.5 Å². The number of aliphatic imine (C=N–C) groups is 1. The van der Waals surface area contributed by atoms with Crippen LogP contribution in [0.4, 0.5) is 4.79 Å². The number of carbonyl (C=O) groups is 2. The molecule has 23 heavy (non-hydrogen) atoms. The zero-order valence-electron chi connectivity index (χ0n) is 13.3. The van der Waals surface area contributed by atoms with Crippen molar-refractivity contribution in [2.75, 3.05) is 20.2 Å². The van der Waals surface area contributed by atoms with Gasteiger partial charge in [-0.05, 0) is 32.0 Å². The molecule has 0 spiro atoms. The lowest BCUT2D eigenvalue weighted by atomic mass is 10.0. The molecule has 1 aliphatic heterocycles. The maximum Gasteiger partial charge on any atom is 0.407 e. The van der Waals surface area contributed by atoms with E-state index in [9.17, 15) is 9.59 Å². The van der Waals surface area contributed by atoms with Crippen LogP contribution in [0.5, 0.6) is 0 Å². The highest BCUT2D eigenvalue weighted by molar-refractivity contribution is 6.31. The van der Waals surface area contributed by atoms with Gasteiger partial charge in [-0.25, -0.2) is 9.79 Å². The fourth-order valence-corrected chi connectivity index (χ4v) is 2.33. The third kappa shape index (κ3) is 4.22. The molecule has 2 rings (SSSR count). The molecule has 0 saturated carbocycles. The number of ketones is 1. The summed E-state index contributed by atoms with van der Waals surface area (Å²) in [5.41, 5.74) is 0.648. The Balaban J connectivity index is 2.26. The van der Waals surface area contributed by atoms with E-state index in [0.29, 0.717) is 28.7 Å². The second kappa shape index (κ2) is 6.58. The number of Topliss-reactive ketones (excluding diaryl/α,β-unsaturated/α-hetero) is 1. The SMILES string of the molecule is CN(CCC(=O)c1cc(Cl)ccc1C1=NC(C)(C)CO1)C(=O)O. The first kappa shape index (κ1) is 17.3. The predicted octanol–water partition coefficient (Wildman–Crippen LogP) is 3.08. The summed E-state index contributed by atoms with van der Waals surface area (Å²) in [6, 6.07) is 4.95. The van der Waals surface area contributed by atoms with Gasteiger partial charge >= 0.3 is 6.09 Å². The summed E-state index contributed by atoms with van der Waals surface area (Å²) in [7, 11) is 1.42. The number of nitrogens with zero attached hydrogens (tertiary/aromatic N) is 2. The van der Waals surface area contributed by atoms with E-state index in [1.165, 1.54) is 7.05 Å². The van der Waals surface area contributed by atoms with Crippen LogP contribution in [0.3, 0.4) is 0 Å². The zero-order chi connectivity index (χ0) is 17.2. The van der Waals surface area contributed by atoms with E-state index in [0.717, 1.165) is 4.90 Å². The number of ether oxygens (including phenoxy) is 1. The molecule has 1 amide bonds. The summed E-state index contributed by atoms with van der Waals surface area (Å²) in [4.78, 5) is 28.8. The van der Waals surface area contributed by atoms with Crippen molar-refractivity contribution in [2.45, 2.75) is 25.8 Å². The van der Waals surface area contributed by atoms with Gasteiger partial charge in [0.05, 0.1) is 5.54 Å². The van der Waals surface area contributed by atoms with Crippen LogP contribution in [0, 0.1) is 0 Å². The van der Waals surface area contributed by atoms with Gasteiger partial charge < -0.3 is 14.7 Å². The first-order valence-corrected chi connectivity index (χ1v) is 7.57. The fourth-order valence-electron chi connectivity index (χ4n) is 2.16. The van der Waals surface area contributed by atoms with Gasteiger partial charge in [0, 0.05) is 36.2 Å². The molecule has 0 aliphatic carbocycles. The molecule has 124 valence electrons. The van der Waals surface area contributed by atoms with Gasteiger partial charge in [-0.15, -0.1) is 0 Å². The monoisotopic (exact) mass is 338 g/mol. The van der Waals surface area contributed by atoms with Crippen LogP contribution >= 0.6 is 11.6 Å². The number of carbonyl (C=O) groups excluding carboxylic acids is 1. The maximum atomic E-state index is 12.5. The molecule has 0 atom stereocenters. The van der Waals surface area contributed by atoms with Gasteiger partial charge in [0.15, 0.2) is 5.78 Å². The normalized spacial score (nSPS) is 15.7. The van der Waals surface area contributed by atoms with E-state index < -0.39 is 6.09 Å². The molecule has 1 aromatic carbocycles. The minimum absolute atomic E-state index is 0.0623. The van der Waals surface area contributed by atoms with Gasteiger partial charge in [-0.2, -0.15) is 0 Å². The third-order valence-electron chi connectivity index (χ3n) is 3.48. The quantitative estimate of drug-likeness (QED) is 0.837. The lowest BCUT2D eigenvalue weighted by Crippen LogP contribution is -2.27. The van der Waals surface area contributed by atoms with Crippen LogP contribution in [0.2, 0.25) is 5.02 Å². The van der Waals surface area contributed by atoms with Crippen LogP contribution < -0.4 is 0 Å². The van der Waals surface area contributed by atoms with Crippen molar-refractivity contribution < 1.29 is 19.4 Å². The molecule has 7 heteroatoms. The lowest BCUT2D eigenvalue weighted by molar-refractivity contribution is 0.0966. The fraction of sp³-hybridized carbons (Fsp3) is 0.438. The first-order chi connectivity index (χ1) is 10.7. The number of halogens is 1. The van der Waals surface area contributed by atoms with Crippen molar-refractivity contribution in [3.8, 4) is 0 Å². The predicted molar refractivity (Wildman–Crippen MR) is 87.6 cm³/mol. The number of hydrogen-bond acceptors (Lipinski definition) is 4. The molecule has 0 bridgehead atoms. The lowest BCUT2D eigenvalue weighted by Gasteiger charge is -2.13. The van der Waals surface area contributed by atoms with Crippen LogP contribution in [0.15, 0.2) is 23.2 Å². The summed E-state index contributed by atoms with van der Waals surface area (Å²) in [6.45, 7) is 4.44. The van der Waals surface area contributed by atoms with E-state index in [2.05, 4.69) is 4.99 Å². The van der Waals surface area contributed by atoms with Crippen molar-refractivity contribution in [3.05, 3.63) is 34.3 Å². The van der Waals surface area contributed by atoms with E-state index in [1.54, 1.807) is 18.2 Å². The maximum absolute atomic E-state index is 12.5. The highest BCUT2D eigenvalue weighted by Crippen LogP contribution is 2.25. The van der Waals surface area contributed by atoms with Gasteiger partial charge in [-0.3, -0.25) is 4.79 Å². The molecule has 0 aromatic heterocycles. The number of carboxylic acid groups (broad SMARTS) is 1. The summed E-state index contributed by atoms with van der Waals surface area (Å²) < 4.78 is 5.60.